The molecule has 1 atom stereocenters. The van der Waals surface area contributed by atoms with E-state index in [0.29, 0.717) is 0 Å². The van der Waals surface area contributed by atoms with Gasteiger partial charge in [-0.15, -0.1) is 0 Å². The minimum absolute atomic E-state index is 1.02. The average Bonchev–Trinajstić information content (AvgIpc) is 2.44. The van der Waals surface area contributed by atoms with Crippen molar-refractivity contribution >= 4 is 12.4 Å². The maximum atomic E-state index is 12.8. The first-order chi connectivity index (χ1) is 7.42. The molecule has 0 spiro atoms. The molecule has 0 saturated carbocycles. The second-order valence-electron chi connectivity index (χ2n) is 4.65. The molecule has 0 amide bonds. The molecule has 1 unspecified atom stereocenters. The van der Waals surface area contributed by atoms with Crippen LogP contribution >= 0.6 is 7.14 Å². The van der Waals surface area contributed by atoms with Crippen molar-refractivity contribution in [3.63, 3.8) is 0 Å². The van der Waals surface area contributed by atoms with Crippen molar-refractivity contribution in [2.24, 2.45) is 0 Å². The summed E-state index contributed by atoms with van der Waals surface area (Å²) in [5, 5.41) is 1.02. The van der Waals surface area contributed by atoms with Gasteiger partial charge in [-0.25, -0.2) is 0 Å². The summed E-state index contributed by atoms with van der Waals surface area (Å²) in [5.41, 5.74) is 4.60. The van der Waals surface area contributed by atoms with Crippen LogP contribution in [-0.2, 0) is 4.57 Å². The van der Waals surface area contributed by atoms with Crippen LogP contribution in [0.4, 0.5) is 0 Å². The van der Waals surface area contributed by atoms with Gasteiger partial charge in [0, 0.05) is 5.30 Å². The molecule has 16 heavy (non-hydrogen) atoms. The fraction of sp³-hybridized carbons (Fsp3) is 0.286. The van der Waals surface area contributed by atoms with E-state index in [2.05, 4.69) is 19.1 Å². The molecular formula is C14H17OP. The van der Waals surface area contributed by atoms with Gasteiger partial charge in [-0.2, -0.15) is 0 Å². The van der Waals surface area contributed by atoms with Crippen LogP contribution in [0.1, 0.15) is 23.6 Å². The van der Waals surface area contributed by atoms with Gasteiger partial charge in [-0.05, 0) is 56.0 Å². The predicted octanol–water partition coefficient (Wildman–Crippen LogP) is 4.03. The van der Waals surface area contributed by atoms with Crippen molar-refractivity contribution in [2.45, 2.75) is 27.7 Å². The maximum absolute atomic E-state index is 12.8. The third-order valence-electron chi connectivity index (χ3n) is 2.94. The zero-order valence-electron chi connectivity index (χ0n) is 10.2. The third-order valence-corrected chi connectivity index (χ3v) is 5.73. The Labute approximate surface area is 97.3 Å². The fourth-order valence-electron chi connectivity index (χ4n) is 2.48. The zero-order valence-corrected chi connectivity index (χ0v) is 11.1. The molecule has 1 aromatic rings. The van der Waals surface area contributed by atoms with Gasteiger partial charge < -0.3 is 4.57 Å². The van der Waals surface area contributed by atoms with Crippen molar-refractivity contribution in [3.8, 4) is 0 Å². The van der Waals surface area contributed by atoms with Gasteiger partial charge in [0.15, 0.2) is 7.14 Å². The van der Waals surface area contributed by atoms with E-state index in [1.165, 1.54) is 5.56 Å². The van der Waals surface area contributed by atoms with Crippen LogP contribution in [0.25, 0.3) is 0 Å². The molecule has 1 aromatic carbocycles. The van der Waals surface area contributed by atoms with Crippen molar-refractivity contribution < 1.29 is 4.57 Å². The molecule has 1 aliphatic heterocycles. The molecule has 0 saturated heterocycles. The summed E-state index contributed by atoms with van der Waals surface area (Å²) < 4.78 is 12.8. The van der Waals surface area contributed by atoms with Gasteiger partial charge in [0.1, 0.15) is 0 Å². The van der Waals surface area contributed by atoms with E-state index in [9.17, 15) is 4.57 Å². The number of hydrogen-bond donors (Lipinski definition) is 0. The van der Waals surface area contributed by atoms with Gasteiger partial charge in [-0.3, -0.25) is 0 Å². The number of benzene rings is 1. The molecule has 1 aliphatic rings. The molecule has 0 aromatic heterocycles. The minimum Gasteiger partial charge on any atom is -0.310 e. The summed E-state index contributed by atoms with van der Waals surface area (Å²) in [6.07, 6.45) is 1.96. The second-order valence-corrected chi connectivity index (χ2v) is 7.07. The van der Waals surface area contributed by atoms with Gasteiger partial charge >= 0.3 is 0 Å². The van der Waals surface area contributed by atoms with E-state index in [0.717, 1.165) is 22.0 Å². The van der Waals surface area contributed by atoms with Crippen LogP contribution in [-0.4, -0.2) is 0 Å². The smallest absolute Gasteiger partial charge is 0.158 e. The second kappa shape index (κ2) is 3.75. The predicted molar refractivity (Wildman–Crippen MR) is 70.8 cm³/mol. The van der Waals surface area contributed by atoms with E-state index >= 15 is 0 Å². The van der Waals surface area contributed by atoms with Crippen LogP contribution in [0.3, 0.4) is 0 Å². The highest BCUT2D eigenvalue weighted by Gasteiger charge is 2.25. The highest BCUT2D eigenvalue weighted by atomic mass is 31.2. The van der Waals surface area contributed by atoms with Crippen LogP contribution in [0.2, 0.25) is 0 Å². The van der Waals surface area contributed by atoms with E-state index in [4.69, 9.17) is 0 Å². The molecule has 0 fully saturated rings. The third kappa shape index (κ3) is 1.81. The molecule has 0 aliphatic carbocycles. The first kappa shape index (κ1) is 11.4. The molecule has 2 rings (SSSR count). The molecule has 2 heteroatoms. The van der Waals surface area contributed by atoms with Crippen molar-refractivity contribution in [3.05, 3.63) is 52.1 Å². The highest BCUT2D eigenvalue weighted by Crippen LogP contribution is 2.54. The van der Waals surface area contributed by atoms with Crippen molar-refractivity contribution in [1.29, 1.82) is 0 Å². The Morgan fingerprint density at radius 3 is 2.00 bits per heavy atom. The largest absolute Gasteiger partial charge is 0.310 e. The van der Waals surface area contributed by atoms with E-state index in [1.54, 1.807) is 0 Å². The summed E-state index contributed by atoms with van der Waals surface area (Å²) in [4.78, 5) is 0. The van der Waals surface area contributed by atoms with Crippen LogP contribution in [0.15, 0.2) is 35.4 Å². The van der Waals surface area contributed by atoms with Gasteiger partial charge in [0.05, 0.1) is 0 Å². The zero-order chi connectivity index (χ0) is 11.9. The molecular weight excluding hydrogens is 215 g/mol. The Morgan fingerprint density at radius 2 is 1.56 bits per heavy atom. The quantitative estimate of drug-likeness (QED) is 0.668. The highest BCUT2D eigenvalue weighted by molar-refractivity contribution is 7.77. The first-order valence-corrected chi connectivity index (χ1v) is 7.33. The van der Waals surface area contributed by atoms with Crippen LogP contribution in [0, 0.1) is 20.8 Å². The topological polar surface area (TPSA) is 17.1 Å². The summed E-state index contributed by atoms with van der Waals surface area (Å²) in [6.45, 7) is 8.16. The monoisotopic (exact) mass is 232 g/mol. The van der Waals surface area contributed by atoms with E-state index in [-0.39, 0.29) is 0 Å². The Balaban J connectivity index is 2.67. The normalized spacial score (nSPS) is 23.6. The Hall–Kier alpha value is -1.07. The fourth-order valence-corrected chi connectivity index (χ4v) is 5.22. The number of hydrogen-bond acceptors (Lipinski definition) is 1. The van der Waals surface area contributed by atoms with Gasteiger partial charge in [-0.1, -0.05) is 23.8 Å². The SMILES string of the molecule is CC1=CP(=O)(c2c(C)cc(C)cc2C)C=C1. The molecule has 1 heterocycles. The summed E-state index contributed by atoms with van der Waals surface area (Å²) in [6, 6.07) is 4.22. The van der Waals surface area contributed by atoms with Gasteiger partial charge in [0.2, 0.25) is 0 Å². The lowest BCUT2D eigenvalue weighted by molar-refractivity contribution is 0.592. The molecule has 84 valence electrons. The van der Waals surface area contributed by atoms with E-state index in [1.807, 2.05) is 38.5 Å². The lowest BCUT2D eigenvalue weighted by Gasteiger charge is -2.15. The Kier molecular flexibility index (Phi) is 2.67. The van der Waals surface area contributed by atoms with Crippen LogP contribution < -0.4 is 5.30 Å². The lowest BCUT2D eigenvalue weighted by atomic mass is 10.1. The molecule has 1 nitrogen and oxygen atoms in total. The minimum atomic E-state index is -2.42. The summed E-state index contributed by atoms with van der Waals surface area (Å²) in [7, 11) is -2.42. The first-order valence-electron chi connectivity index (χ1n) is 5.49. The Bertz CT molecular complexity index is 527. The average molecular weight is 232 g/mol. The Morgan fingerprint density at radius 1 is 1.00 bits per heavy atom. The summed E-state index contributed by atoms with van der Waals surface area (Å²) >= 11 is 0. The maximum Gasteiger partial charge on any atom is 0.158 e. The van der Waals surface area contributed by atoms with Crippen molar-refractivity contribution in [1.82, 2.24) is 0 Å². The van der Waals surface area contributed by atoms with Crippen LogP contribution in [0.5, 0.6) is 0 Å². The number of rotatable bonds is 1. The standard InChI is InChI=1S/C14H17OP/c1-10-5-6-16(15,9-10)14-12(3)7-11(2)8-13(14)4/h5-9H,1-4H3. The molecule has 0 bridgehead atoms. The molecule has 0 radical (unpaired) electrons. The van der Waals surface area contributed by atoms with Crippen molar-refractivity contribution in [2.75, 3.05) is 0 Å². The lowest BCUT2D eigenvalue weighted by Crippen LogP contribution is -2.10. The van der Waals surface area contributed by atoms with E-state index < -0.39 is 7.14 Å². The molecule has 0 N–H and O–H groups in total. The summed E-state index contributed by atoms with van der Waals surface area (Å²) in [5.74, 6) is 3.78. The number of aryl methyl sites for hydroxylation is 3. The van der Waals surface area contributed by atoms with Gasteiger partial charge in [0.25, 0.3) is 0 Å². The number of allylic oxidation sites excluding steroid dienone is 2.